The second kappa shape index (κ2) is 29.7. The quantitative estimate of drug-likeness (QED) is 0.0622. The van der Waals surface area contributed by atoms with Crippen LogP contribution in [0.3, 0.4) is 0 Å². The van der Waals surface area contributed by atoms with Gasteiger partial charge in [-0.25, -0.2) is 24.9 Å². The van der Waals surface area contributed by atoms with Crippen molar-refractivity contribution in [3.63, 3.8) is 0 Å². The molecule has 85 heavy (non-hydrogen) atoms. The van der Waals surface area contributed by atoms with Crippen LogP contribution in [0, 0.1) is 0 Å². The number of aromatic hydroxyl groups is 2. The highest BCUT2D eigenvalue weighted by Crippen LogP contribution is 2.34. The lowest BCUT2D eigenvalue weighted by Gasteiger charge is -2.33. The van der Waals surface area contributed by atoms with Crippen molar-refractivity contribution >= 4 is 11.9 Å². The number of likely N-dealkylation sites (tertiary alicyclic amines) is 3. The zero-order valence-corrected chi connectivity index (χ0v) is 50.0. The number of phenols is 2. The van der Waals surface area contributed by atoms with Gasteiger partial charge in [-0.1, -0.05) is 19.1 Å². The molecule has 2 aromatic carbocycles. The number of aryl methyl sites for hydroxylation is 1. The molecular weight excluding hydrogens is 1080 g/mol. The minimum absolute atomic E-state index is 0.0301. The predicted octanol–water partition coefficient (Wildman–Crippen LogP) is 7.71. The Hall–Kier alpha value is -7.20. The van der Waals surface area contributed by atoms with Crippen molar-refractivity contribution < 1.29 is 24.4 Å². The molecule has 456 valence electrons. The first-order valence-corrected chi connectivity index (χ1v) is 31.1. The number of aromatic nitrogens is 8. The van der Waals surface area contributed by atoms with Gasteiger partial charge in [0.25, 0.3) is 16.7 Å². The van der Waals surface area contributed by atoms with Gasteiger partial charge in [0, 0.05) is 132 Å². The monoisotopic (exact) mass is 1170 g/mol. The number of anilines is 2. The Bertz CT molecular complexity index is 3270. The van der Waals surface area contributed by atoms with Crippen LogP contribution in [-0.4, -0.2) is 157 Å². The zero-order valence-electron chi connectivity index (χ0n) is 50.0. The molecule has 6 aliphatic heterocycles. The smallest absolute Gasteiger partial charge is 0.252 e. The molecule has 10 heterocycles. The van der Waals surface area contributed by atoms with E-state index in [0.29, 0.717) is 29.9 Å². The lowest BCUT2D eigenvalue weighted by atomic mass is 9.93. The number of H-pyrrole nitrogens is 3. The van der Waals surface area contributed by atoms with Crippen molar-refractivity contribution in [1.82, 2.24) is 54.6 Å². The first-order valence-electron chi connectivity index (χ1n) is 31.1. The van der Waals surface area contributed by atoms with E-state index in [1.54, 1.807) is 43.5 Å². The van der Waals surface area contributed by atoms with E-state index in [-0.39, 0.29) is 40.0 Å². The first kappa shape index (κ1) is 60.9. The highest BCUT2D eigenvalue weighted by Gasteiger charge is 2.28. The molecule has 5 N–H and O–H groups in total. The van der Waals surface area contributed by atoms with Gasteiger partial charge in [0.2, 0.25) is 11.9 Å². The molecule has 6 aromatic rings. The lowest BCUT2D eigenvalue weighted by Crippen LogP contribution is -2.35. The molecular formula is C64H87N13O8. The van der Waals surface area contributed by atoms with Crippen LogP contribution in [0.4, 0.5) is 11.9 Å². The van der Waals surface area contributed by atoms with Crippen molar-refractivity contribution in [1.29, 1.82) is 0 Å². The van der Waals surface area contributed by atoms with Crippen LogP contribution >= 0.6 is 0 Å². The van der Waals surface area contributed by atoms with E-state index in [2.05, 4.69) is 56.3 Å². The number of phenolic OH excluding ortho intramolecular Hbond substituents is 2. The van der Waals surface area contributed by atoms with Gasteiger partial charge in [0.15, 0.2) is 23.0 Å². The van der Waals surface area contributed by atoms with Crippen LogP contribution in [0.1, 0.15) is 160 Å². The first-order chi connectivity index (χ1) is 41.4. The molecule has 21 nitrogen and oxygen atoms in total. The van der Waals surface area contributed by atoms with Crippen LogP contribution in [0.15, 0.2) is 81.4 Å². The summed E-state index contributed by atoms with van der Waals surface area (Å²) >= 11 is 0. The number of hydrogen-bond acceptors (Lipinski definition) is 18. The summed E-state index contributed by atoms with van der Waals surface area (Å²) < 4.78 is 16.1. The van der Waals surface area contributed by atoms with E-state index in [1.165, 1.54) is 12.8 Å². The predicted molar refractivity (Wildman–Crippen MR) is 327 cm³/mol. The van der Waals surface area contributed by atoms with Crippen LogP contribution in [0.5, 0.6) is 23.0 Å². The molecule has 0 saturated carbocycles. The Kier molecular flexibility index (Phi) is 21.3. The summed E-state index contributed by atoms with van der Waals surface area (Å²) in [6.45, 7) is 18.1. The van der Waals surface area contributed by atoms with Crippen molar-refractivity contribution in [3.8, 4) is 23.0 Å². The molecule has 0 bridgehead atoms. The molecule has 6 aliphatic rings. The molecule has 12 rings (SSSR count). The highest BCUT2D eigenvalue weighted by molar-refractivity contribution is 5.43. The van der Waals surface area contributed by atoms with Gasteiger partial charge < -0.3 is 39.2 Å². The molecule has 1 unspecified atom stereocenters. The van der Waals surface area contributed by atoms with Crippen molar-refractivity contribution in [2.75, 3.05) is 102 Å². The number of rotatable bonds is 16. The highest BCUT2D eigenvalue weighted by atomic mass is 16.5. The number of nitrogens with one attached hydrogen (secondary N) is 3. The normalized spacial score (nSPS) is 19.5. The average Bonchev–Trinajstić information content (AvgIpc) is 4.45. The Balaban J connectivity index is 0.000000142. The molecule has 21 heteroatoms. The zero-order chi connectivity index (χ0) is 59.1. The summed E-state index contributed by atoms with van der Waals surface area (Å²) in [5, 5.41) is 19.9. The molecule has 0 amide bonds. The summed E-state index contributed by atoms with van der Waals surface area (Å²) in [6.07, 6.45) is 17.4. The second-order valence-corrected chi connectivity index (χ2v) is 23.6. The maximum atomic E-state index is 12.3. The maximum absolute atomic E-state index is 12.3. The summed E-state index contributed by atoms with van der Waals surface area (Å²) in [5.74, 6) is 5.79. The summed E-state index contributed by atoms with van der Waals surface area (Å²) in [5.41, 5.74) is 5.99. The number of aromatic amines is 3. The Morgan fingerprint density at radius 3 is 1.61 bits per heavy atom. The molecule has 6 saturated heterocycles. The Morgan fingerprint density at radius 2 is 1.06 bits per heavy atom. The van der Waals surface area contributed by atoms with Crippen molar-refractivity contribution in [2.45, 2.75) is 141 Å². The van der Waals surface area contributed by atoms with Crippen LogP contribution in [0.25, 0.3) is 0 Å². The number of ether oxygens (including phenoxy) is 3. The third kappa shape index (κ3) is 16.8. The van der Waals surface area contributed by atoms with E-state index < -0.39 is 0 Å². The van der Waals surface area contributed by atoms with Gasteiger partial charge in [-0.05, 0) is 152 Å². The van der Waals surface area contributed by atoms with Crippen LogP contribution < -0.4 is 36.0 Å². The fourth-order valence-corrected chi connectivity index (χ4v) is 12.8. The van der Waals surface area contributed by atoms with Crippen molar-refractivity contribution in [2.24, 2.45) is 0 Å². The van der Waals surface area contributed by atoms with Gasteiger partial charge in [0.1, 0.15) is 11.6 Å². The largest absolute Gasteiger partial charge is 0.504 e. The fourth-order valence-electron chi connectivity index (χ4n) is 12.8. The van der Waals surface area contributed by atoms with Gasteiger partial charge in [-0.3, -0.25) is 39.1 Å². The molecule has 0 aliphatic carbocycles. The number of hydrogen-bond donors (Lipinski definition) is 5. The summed E-state index contributed by atoms with van der Waals surface area (Å²) in [6, 6.07) is 16.1. The number of piperidine rings is 3. The Labute approximate surface area is 498 Å². The standard InChI is InChI=1S/C23H31N3O4.C21H28N4O3.C20H28N6O/c1-2-30-21-12-16(5-6-20(21)27)14-26-9-3-4-18(15-26)19-13-22(28)25-23(24-19)17-7-10-29-11-8-17;1-28-19-5-4-15(12-18(19)26)14-24-10-6-16(7-11-24)17-13-20(27)23-21(22-17)25-8-2-3-9-25;1-2-18-21-12-15(13-22-18)14-25-9-5-16(6-10-25)17-11-19(27)24-20(23-17)26-7-3-4-8-26/h5-6,12-13,17-18,27H,2-4,7-11,14-15H2,1H3,(H,24,25,28);4-5,12-13,16,26H,2-3,6-11,14H2,1H3,(H,22,23,27);11-13,16H,2-10,14H2,1H3,(H,23,24,27). The van der Waals surface area contributed by atoms with Gasteiger partial charge in [0.05, 0.1) is 30.8 Å². The van der Waals surface area contributed by atoms with Gasteiger partial charge in [-0.15, -0.1) is 0 Å². The third-order valence-corrected chi connectivity index (χ3v) is 17.5. The molecule has 4 aromatic heterocycles. The minimum Gasteiger partial charge on any atom is -0.504 e. The van der Waals surface area contributed by atoms with E-state index >= 15 is 0 Å². The summed E-state index contributed by atoms with van der Waals surface area (Å²) in [7, 11) is 1.55. The topological polar surface area (TPSA) is 247 Å². The molecule has 1 atom stereocenters. The lowest BCUT2D eigenvalue weighted by molar-refractivity contribution is 0.0834. The van der Waals surface area contributed by atoms with Gasteiger partial charge in [-0.2, -0.15) is 0 Å². The average molecular weight is 1170 g/mol. The molecule has 0 radical (unpaired) electrons. The van der Waals surface area contributed by atoms with Gasteiger partial charge >= 0.3 is 0 Å². The van der Waals surface area contributed by atoms with E-state index in [9.17, 15) is 24.6 Å². The number of benzene rings is 2. The maximum Gasteiger partial charge on any atom is 0.252 e. The van der Waals surface area contributed by atoms with Crippen LogP contribution in [0.2, 0.25) is 0 Å². The number of nitrogens with zero attached hydrogens (tertiary/aromatic N) is 10. The summed E-state index contributed by atoms with van der Waals surface area (Å²) in [4.78, 5) is 80.2. The number of methoxy groups -OCH3 is 1. The molecule has 6 fully saturated rings. The molecule has 0 spiro atoms. The van der Waals surface area contributed by atoms with Crippen molar-refractivity contribution in [3.05, 3.63) is 143 Å². The fraction of sp³-hybridized carbons (Fsp3) is 0.562. The minimum atomic E-state index is -0.0569. The van der Waals surface area contributed by atoms with E-state index in [1.807, 2.05) is 37.5 Å². The third-order valence-electron chi connectivity index (χ3n) is 17.5. The van der Waals surface area contributed by atoms with E-state index in [0.717, 1.165) is 226 Å². The SMILES string of the molecule is CCOc1cc(CN2CCCC(c3cc(=O)[nH]c(C4CCOCC4)n3)C2)ccc1O.CCc1ncc(CN2CCC(c3cc(=O)[nH]c(N4CCCC4)n3)CC2)cn1.COc1ccc(CN2CCC(c3cc(=O)[nH]c(N4CCCC4)n3)CC2)cc1O. The second-order valence-electron chi connectivity index (χ2n) is 23.6. The van der Waals surface area contributed by atoms with Crippen LogP contribution in [-0.2, 0) is 30.8 Å². The van der Waals surface area contributed by atoms with E-state index in [4.69, 9.17) is 29.2 Å². The Morgan fingerprint density at radius 1 is 0.529 bits per heavy atom.